The van der Waals surface area contributed by atoms with Crippen LogP contribution in [0, 0.1) is 0 Å². The summed E-state index contributed by atoms with van der Waals surface area (Å²) in [5.41, 5.74) is 11.0. The summed E-state index contributed by atoms with van der Waals surface area (Å²) in [6.45, 7) is 27.2. The van der Waals surface area contributed by atoms with Gasteiger partial charge in [0, 0.05) is 42.6 Å². The van der Waals surface area contributed by atoms with Crippen LogP contribution in [0.3, 0.4) is 0 Å². The molecule has 0 aliphatic heterocycles. The highest BCUT2D eigenvalue weighted by Gasteiger charge is 2.20. The van der Waals surface area contributed by atoms with Crippen LogP contribution < -0.4 is 0 Å². The zero-order valence-electron chi connectivity index (χ0n) is 28.2. The molecule has 226 valence electrons. The molecule has 0 aliphatic carbocycles. The molecule has 0 bridgehead atoms. The van der Waals surface area contributed by atoms with Gasteiger partial charge in [-0.3, -0.25) is 0 Å². The molecule has 0 fully saturated rings. The molecule has 0 unspecified atom stereocenters. The molecule has 3 heteroatoms. The van der Waals surface area contributed by atoms with Crippen LogP contribution in [0.4, 0.5) is 0 Å². The van der Waals surface area contributed by atoms with E-state index in [0.29, 0.717) is 0 Å². The standard InChI is InChI=1S/C20H24BrN.C20H25N/c1-19(2,3)12-7-8-17-14(9-12)15-10-13(20(4,5)6)11-16(21)18(15)22-17;1-19(2,3)13-7-9-17-15(11-13)16-12-14(20(4,5)6)8-10-18(16)21-17/h7-11,22H,1-6H3;7-12,21H,1-6H3. The predicted octanol–water partition coefficient (Wildman–Crippen LogP) is 12.6. The van der Waals surface area contributed by atoms with Crippen molar-refractivity contribution in [2.24, 2.45) is 0 Å². The lowest BCUT2D eigenvalue weighted by atomic mass is 9.85. The van der Waals surface area contributed by atoms with Gasteiger partial charge in [-0.25, -0.2) is 0 Å². The largest absolute Gasteiger partial charge is 0.355 e. The van der Waals surface area contributed by atoms with Crippen LogP contribution in [0.15, 0.2) is 71.2 Å². The number of nitrogens with one attached hydrogen (secondary N) is 2. The van der Waals surface area contributed by atoms with Gasteiger partial charge in [-0.2, -0.15) is 0 Å². The Labute approximate surface area is 266 Å². The van der Waals surface area contributed by atoms with Crippen molar-refractivity contribution < 1.29 is 0 Å². The van der Waals surface area contributed by atoms with E-state index in [1.807, 2.05) is 0 Å². The molecule has 2 N–H and O–H groups in total. The van der Waals surface area contributed by atoms with Crippen molar-refractivity contribution in [1.29, 1.82) is 0 Å². The van der Waals surface area contributed by atoms with E-state index in [9.17, 15) is 0 Å². The number of aromatic amines is 2. The van der Waals surface area contributed by atoms with Crippen LogP contribution in [0.25, 0.3) is 43.6 Å². The first kappa shape index (κ1) is 31.4. The quantitative estimate of drug-likeness (QED) is 0.166. The molecule has 0 aliphatic rings. The zero-order chi connectivity index (χ0) is 31.7. The summed E-state index contributed by atoms with van der Waals surface area (Å²) in [7, 11) is 0. The molecule has 4 aromatic carbocycles. The van der Waals surface area contributed by atoms with Gasteiger partial charge in [-0.05, 0) is 108 Å². The van der Waals surface area contributed by atoms with Crippen molar-refractivity contribution in [3.63, 3.8) is 0 Å². The second-order valence-electron chi connectivity index (χ2n) is 16.4. The van der Waals surface area contributed by atoms with Crippen molar-refractivity contribution in [1.82, 2.24) is 9.97 Å². The number of benzene rings is 4. The Bertz CT molecular complexity index is 1890. The second kappa shape index (κ2) is 10.5. The Kier molecular flexibility index (Phi) is 7.70. The maximum Gasteiger partial charge on any atom is 0.0609 e. The Morgan fingerprint density at radius 2 is 0.721 bits per heavy atom. The number of H-pyrrole nitrogens is 2. The van der Waals surface area contributed by atoms with E-state index in [0.717, 1.165) is 4.47 Å². The van der Waals surface area contributed by atoms with Crippen molar-refractivity contribution in [2.45, 2.75) is 105 Å². The number of rotatable bonds is 0. The molecule has 6 aromatic rings. The first-order valence-corrected chi connectivity index (χ1v) is 16.4. The highest BCUT2D eigenvalue weighted by molar-refractivity contribution is 9.10. The molecule has 0 spiro atoms. The Morgan fingerprint density at radius 3 is 1.09 bits per heavy atom. The van der Waals surface area contributed by atoms with E-state index in [1.54, 1.807) is 0 Å². The highest BCUT2D eigenvalue weighted by Crippen LogP contribution is 2.37. The molecule has 0 radical (unpaired) electrons. The lowest BCUT2D eigenvalue weighted by molar-refractivity contribution is 0.590. The number of aromatic nitrogens is 2. The smallest absolute Gasteiger partial charge is 0.0609 e. The fourth-order valence-corrected chi connectivity index (χ4v) is 6.25. The summed E-state index contributed by atoms with van der Waals surface area (Å²) in [5.74, 6) is 0. The maximum atomic E-state index is 3.75. The van der Waals surface area contributed by atoms with Crippen molar-refractivity contribution in [3.05, 3.63) is 93.5 Å². The summed E-state index contributed by atoms with van der Waals surface area (Å²) in [6, 6.07) is 25.0. The molecule has 0 saturated heterocycles. The fraction of sp³-hybridized carbons (Fsp3) is 0.400. The molecule has 2 nitrogen and oxygen atoms in total. The van der Waals surface area contributed by atoms with Gasteiger partial charge in [0.15, 0.2) is 0 Å². The van der Waals surface area contributed by atoms with E-state index in [4.69, 9.17) is 0 Å². The van der Waals surface area contributed by atoms with Crippen LogP contribution in [-0.2, 0) is 21.7 Å². The summed E-state index contributed by atoms with van der Waals surface area (Å²) in [4.78, 5) is 7.09. The van der Waals surface area contributed by atoms with Gasteiger partial charge in [-0.15, -0.1) is 0 Å². The Balaban J connectivity index is 0.000000171. The number of hydrogen-bond acceptors (Lipinski definition) is 0. The maximum absolute atomic E-state index is 3.75. The van der Waals surface area contributed by atoms with E-state index < -0.39 is 0 Å². The first-order chi connectivity index (χ1) is 19.7. The zero-order valence-corrected chi connectivity index (χ0v) is 29.8. The average Bonchev–Trinajstić information content (AvgIpc) is 3.44. The van der Waals surface area contributed by atoms with Crippen LogP contribution in [-0.4, -0.2) is 9.97 Å². The van der Waals surface area contributed by atoms with Gasteiger partial charge in [0.05, 0.1) is 5.52 Å². The van der Waals surface area contributed by atoms with E-state index in [2.05, 4.69) is 176 Å². The SMILES string of the molecule is CC(C)(C)c1ccc2[nH]c3c(Br)cc(C(C)(C)C)cc3c2c1.CC(C)(C)c1ccc2[nH]c3ccc(C(C)(C)C)cc3c2c1. The molecule has 0 atom stereocenters. The van der Waals surface area contributed by atoms with Crippen molar-refractivity contribution >= 4 is 59.5 Å². The Morgan fingerprint density at radius 1 is 0.395 bits per heavy atom. The molecule has 0 saturated carbocycles. The topological polar surface area (TPSA) is 31.6 Å². The van der Waals surface area contributed by atoms with Gasteiger partial charge >= 0.3 is 0 Å². The summed E-state index contributed by atoms with van der Waals surface area (Å²) in [6.07, 6.45) is 0. The van der Waals surface area contributed by atoms with E-state index in [1.165, 1.54) is 65.9 Å². The van der Waals surface area contributed by atoms with Gasteiger partial charge < -0.3 is 9.97 Å². The molecular weight excluding hydrogens is 588 g/mol. The van der Waals surface area contributed by atoms with Crippen molar-refractivity contribution in [3.8, 4) is 0 Å². The highest BCUT2D eigenvalue weighted by atomic mass is 79.9. The van der Waals surface area contributed by atoms with Crippen LogP contribution in [0.5, 0.6) is 0 Å². The molecular formula is C40H49BrN2. The normalized spacial score (nSPS) is 13.2. The van der Waals surface area contributed by atoms with Gasteiger partial charge in [0.2, 0.25) is 0 Å². The first-order valence-electron chi connectivity index (χ1n) is 15.6. The Hall–Kier alpha value is -3.04. The van der Waals surface area contributed by atoms with Crippen LogP contribution >= 0.6 is 15.9 Å². The summed E-state index contributed by atoms with van der Waals surface area (Å²) < 4.78 is 1.14. The van der Waals surface area contributed by atoms with Crippen LogP contribution in [0.1, 0.15) is 105 Å². The minimum atomic E-state index is 0.141. The number of fused-ring (bicyclic) bond motifs is 6. The average molecular weight is 638 g/mol. The summed E-state index contributed by atoms with van der Waals surface area (Å²) >= 11 is 3.75. The van der Waals surface area contributed by atoms with Gasteiger partial charge in [-0.1, -0.05) is 101 Å². The number of halogens is 1. The summed E-state index contributed by atoms with van der Waals surface area (Å²) in [5, 5.41) is 5.29. The molecule has 0 amide bonds. The van der Waals surface area contributed by atoms with Crippen LogP contribution in [0.2, 0.25) is 0 Å². The van der Waals surface area contributed by atoms with Gasteiger partial charge in [0.25, 0.3) is 0 Å². The molecule has 2 heterocycles. The van der Waals surface area contributed by atoms with Gasteiger partial charge in [0.1, 0.15) is 0 Å². The number of hydrogen-bond donors (Lipinski definition) is 2. The van der Waals surface area contributed by atoms with Crippen molar-refractivity contribution in [2.75, 3.05) is 0 Å². The molecule has 6 rings (SSSR count). The monoisotopic (exact) mass is 636 g/mol. The predicted molar refractivity (Wildman–Crippen MR) is 194 cm³/mol. The van der Waals surface area contributed by atoms with E-state index in [-0.39, 0.29) is 21.7 Å². The lowest BCUT2D eigenvalue weighted by Crippen LogP contribution is -2.11. The molecule has 43 heavy (non-hydrogen) atoms. The third-order valence-electron chi connectivity index (χ3n) is 8.72. The van der Waals surface area contributed by atoms with E-state index >= 15 is 0 Å². The third-order valence-corrected chi connectivity index (χ3v) is 9.35. The molecule has 2 aromatic heterocycles. The third kappa shape index (κ3) is 6.29. The minimum absolute atomic E-state index is 0.141. The fourth-order valence-electron chi connectivity index (χ4n) is 5.69. The second-order valence-corrected chi connectivity index (χ2v) is 17.3. The lowest BCUT2D eigenvalue weighted by Gasteiger charge is -2.20. The minimum Gasteiger partial charge on any atom is -0.355 e.